The summed E-state index contributed by atoms with van der Waals surface area (Å²) in [5.74, 6) is -0.351. The Morgan fingerprint density at radius 3 is 2.16 bits per heavy atom. The average Bonchev–Trinajstić information content (AvgIpc) is 2.09. The highest BCUT2D eigenvalue weighted by atomic mass is 32.2. The summed E-state index contributed by atoms with van der Waals surface area (Å²) < 4.78 is 20.0. The van der Waals surface area contributed by atoms with E-state index in [0.29, 0.717) is 0 Å². The molecule has 0 saturated heterocycles. The Balaban J connectivity index is 2.79. The number of esters is 1. The lowest BCUT2D eigenvalue weighted by molar-refractivity contribution is -0.155. The van der Waals surface area contributed by atoms with Crippen molar-refractivity contribution in [3.05, 3.63) is 11.6 Å². The molecule has 110 valence electrons. The maximum atomic E-state index is 12.2. The van der Waals surface area contributed by atoms with Gasteiger partial charge in [0.2, 0.25) is 0 Å². The summed E-state index contributed by atoms with van der Waals surface area (Å²) in [6.45, 7) is 11.1. The number of carbonyl (C=O) groups is 1. The third kappa shape index (κ3) is 5.07. The Hall–Kier alpha value is -0.680. The number of rotatable bonds is 4. The second-order valence-electron chi connectivity index (χ2n) is 6.78. The van der Waals surface area contributed by atoms with Crippen LogP contribution < -0.4 is 4.72 Å². The molecule has 0 bridgehead atoms. The van der Waals surface area contributed by atoms with Crippen LogP contribution in [0.1, 0.15) is 54.4 Å². The molecule has 0 aromatic carbocycles. The summed E-state index contributed by atoms with van der Waals surface area (Å²) in [6.07, 6.45) is 3.83. The highest BCUT2D eigenvalue weighted by Gasteiger charge is 2.33. The predicted octanol–water partition coefficient (Wildman–Crippen LogP) is 2.47. The van der Waals surface area contributed by atoms with E-state index in [1.54, 1.807) is 0 Å². The number of hydrogen-bond acceptors (Lipinski definition) is 3. The molecule has 5 heteroatoms. The van der Waals surface area contributed by atoms with Crippen molar-refractivity contribution in [1.29, 1.82) is 0 Å². The van der Waals surface area contributed by atoms with Gasteiger partial charge in [-0.1, -0.05) is 6.08 Å². The average molecular weight is 287 g/mol. The van der Waals surface area contributed by atoms with Crippen molar-refractivity contribution in [3.63, 3.8) is 0 Å². The van der Waals surface area contributed by atoms with Gasteiger partial charge in [0.05, 0.1) is 15.7 Å². The highest BCUT2D eigenvalue weighted by Crippen LogP contribution is 2.25. The van der Waals surface area contributed by atoms with Crippen molar-refractivity contribution in [3.8, 4) is 0 Å². The topological polar surface area (TPSA) is 55.4 Å². The number of ether oxygens (including phenoxy) is 1. The van der Waals surface area contributed by atoms with Gasteiger partial charge in [-0.15, -0.1) is 0 Å². The van der Waals surface area contributed by atoms with Crippen molar-refractivity contribution >= 4 is 17.0 Å². The predicted molar refractivity (Wildman–Crippen MR) is 78.0 cm³/mol. The van der Waals surface area contributed by atoms with Gasteiger partial charge in [0.15, 0.2) is 0 Å². The van der Waals surface area contributed by atoms with E-state index < -0.39 is 27.4 Å². The van der Waals surface area contributed by atoms with Crippen molar-refractivity contribution in [2.75, 3.05) is 0 Å². The van der Waals surface area contributed by atoms with Gasteiger partial charge < -0.3 is 4.74 Å². The van der Waals surface area contributed by atoms with E-state index in [1.807, 2.05) is 47.6 Å². The molecule has 1 aliphatic rings. The maximum Gasteiger partial charge on any atom is 0.328 e. The zero-order valence-corrected chi connectivity index (χ0v) is 13.5. The zero-order chi connectivity index (χ0) is 14.8. The Kier molecular flexibility index (Phi) is 4.96. The second-order valence-corrected chi connectivity index (χ2v) is 8.78. The van der Waals surface area contributed by atoms with Crippen LogP contribution in [0.25, 0.3) is 0 Å². The fraction of sp³-hybridized carbons (Fsp3) is 0.786. The third-order valence-corrected chi connectivity index (χ3v) is 4.20. The monoisotopic (exact) mass is 287 g/mol. The summed E-state index contributed by atoms with van der Waals surface area (Å²) in [4.78, 5) is 12.2. The molecule has 0 aliphatic heterocycles. The second kappa shape index (κ2) is 5.75. The van der Waals surface area contributed by atoms with Gasteiger partial charge in [-0.2, -0.15) is 0 Å². The molecule has 2 atom stereocenters. The molecule has 0 radical (unpaired) electrons. The largest absolute Gasteiger partial charge is 0.459 e. The molecule has 19 heavy (non-hydrogen) atoms. The van der Waals surface area contributed by atoms with E-state index in [4.69, 9.17) is 4.74 Å². The standard InChI is InChI=1S/C14H25NO3S/c1-13(2,3)18-12(16)11(10-8-7-9-10)15-19(17)14(4,5)6/h8,11,15H,7,9H2,1-6H3/t11-,19?/m0/s1. The van der Waals surface area contributed by atoms with Gasteiger partial charge >= 0.3 is 5.97 Å². The van der Waals surface area contributed by atoms with Crippen LogP contribution in [0.5, 0.6) is 0 Å². The van der Waals surface area contributed by atoms with E-state index in [9.17, 15) is 9.00 Å². The Labute approximate surface area is 118 Å². The highest BCUT2D eigenvalue weighted by molar-refractivity contribution is 7.84. The quantitative estimate of drug-likeness (QED) is 0.638. The Morgan fingerprint density at radius 1 is 1.32 bits per heavy atom. The first-order chi connectivity index (χ1) is 8.50. The molecule has 0 aromatic rings. The first kappa shape index (κ1) is 16.4. The molecule has 1 aliphatic carbocycles. The minimum atomic E-state index is -1.30. The molecule has 0 fully saturated rings. The number of hydrogen-bond donors (Lipinski definition) is 1. The van der Waals surface area contributed by atoms with Gasteiger partial charge in [0.1, 0.15) is 11.6 Å². The summed E-state index contributed by atoms with van der Waals surface area (Å²) in [5, 5.41) is 0. The lowest BCUT2D eigenvalue weighted by Gasteiger charge is -2.30. The van der Waals surface area contributed by atoms with E-state index in [1.165, 1.54) is 0 Å². The molecule has 0 aromatic heterocycles. The van der Waals surface area contributed by atoms with Crippen LogP contribution in [-0.4, -0.2) is 26.6 Å². The number of nitrogens with one attached hydrogen (secondary N) is 1. The minimum absolute atomic E-state index is 0.351. The molecule has 0 saturated carbocycles. The first-order valence-electron chi connectivity index (χ1n) is 6.60. The lowest BCUT2D eigenvalue weighted by atomic mass is 9.92. The molecular formula is C14H25NO3S. The van der Waals surface area contributed by atoms with Crippen molar-refractivity contribution < 1.29 is 13.7 Å². The molecule has 0 spiro atoms. The normalized spacial score (nSPS) is 19.2. The molecular weight excluding hydrogens is 262 g/mol. The third-order valence-electron chi connectivity index (χ3n) is 2.63. The molecule has 1 unspecified atom stereocenters. The van der Waals surface area contributed by atoms with Gasteiger partial charge in [0.25, 0.3) is 0 Å². The van der Waals surface area contributed by atoms with Crippen molar-refractivity contribution in [1.82, 2.24) is 4.72 Å². The van der Waals surface area contributed by atoms with Crippen LogP contribution in [0.2, 0.25) is 0 Å². The van der Waals surface area contributed by atoms with Gasteiger partial charge in [0, 0.05) is 0 Å². The van der Waals surface area contributed by atoms with Gasteiger partial charge in [-0.05, 0) is 60.0 Å². The van der Waals surface area contributed by atoms with Crippen LogP contribution in [0, 0.1) is 0 Å². The zero-order valence-electron chi connectivity index (χ0n) is 12.7. The van der Waals surface area contributed by atoms with Crippen LogP contribution in [-0.2, 0) is 20.5 Å². The fourth-order valence-corrected chi connectivity index (χ4v) is 2.31. The Bertz CT molecular complexity index is 402. The SMILES string of the molecule is CC(C)(C)OC(=O)[C@@H](NS(=O)C(C)(C)C)C1=CCC1. The van der Waals surface area contributed by atoms with Crippen molar-refractivity contribution in [2.24, 2.45) is 0 Å². The molecule has 0 heterocycles. The molecule has 4 nitrogen and oxygen atoms in total. The molecule has 0 amide bonds. The van der Waals surface area contributed by atoms with E-state index in [2.05, 4.69) is 4.72 Å². The fourth-order valence-electron chi connectivity index (χ4n) is 1.49. The van der Waals surface area contributed by atoms with Gasteiger partial charge in [-0.3, -0.25) is 0 Å². The van der Waals surface area contributed by atoms with E-state index in [-0.39, 0.29) is 5.97 Å². The first-order valence-corrected chi connectivity index (χ1v) is 7.75. The van der Waals surface area contributed by atoms with E-state index >= 15 is 0 Å². The Morgan fingerprint density at radius 2 is 1.84 bits per heavy atom. The van der Waals surface area contributed by atoms with Crippen LogP contribution >= 0.6 is 0 Å². The number of carbonyl (C=O) groups excluding carboxylic acids is 1. The maximum absolute atomic E-state index is 12.2. The molecule has 1 rings (SSSR count). The van der Waals surface area contributed by atoms with Crippen LogP contribution in [0.3, 0.4) is 0 Å². The van der Waals surface area contributed by atoms with E-state index in [0.717, 1.165) is 18.4 Å². The molecule has 1 N–H and O–H groups in total. The minimum Gasteiger partial charge on any atom is -0.459 e. The summed E-state index contributed by atoms with van der Waals surface area (Å²) in [7, 11) is -1.30. The number of allylic oxidation sites excluding steroid dienone is 1. The van der Waals surface area contributed by atoms with Crippen molar-refractivity contribution in [2.45, 2.75) is 70.8 Å². The summed E-state index contributed by atoms with van der Waals surface area (Å²) >= 11 is 0. The summed E-state index contributed by atoms with van der Waals surface area (Å²) in [6, 6.07) is -0.590. The van der Waals surface area contributed by atoms with Gasteiger partial charge in [-0.25, -0.2) is 13.7 Å². The lowest BCUT2D eigenvalue weighted by Crippen LogP contribution is -2.48. The summed E-state index contributed by atoms with van der Waals surface area (Å²) in [5.41, 5.74) is 0.441. The van der Waals surface area contributed by atoms with Crippen LogP contribution in [0.4, 0.5) is 0 Å². The smallest absolute Gasteiger partial charge is 0.328 e. The van der Waals surface area contributed by atoms with Crippen LogP contribution in [0.15, 0.2) is 11.6 Å².